The first kappa shape index (κ1) is 6.30. The molecule has 0 aliphatic heterocycles. The summed E-state index contributed by atoms with van der Waals surface area (Å²) in [6, 6.07) is 4.11. The maximum Gasteiger partial charge on any atom is 0.0270 e. The Labute approximate surface area is 59.2 Å². The molecule has 1 aromatic rings. The first-order chi connectivity index (χ1) is 4.43. The van der Waals surface area contributed by atoms with Gasteiger partial charge in [0.15, 0.2) is 0 Å². The first-order valence-corrected chi connectivity index (χ1v) is 3.64. The SMILES string of the molecule is C=C/C=C/c1cccs1. The number of rotatable bonds is 2. The molecule has 1 heterocycles. The highest BCUT2D eigenvalue weighted by atomic mass is 32.1. The van der Waals surface area contributed by atoms with Crippen LogP contribution >= 0.6 is 11.3 Å². The van der Waals surface area contributed by atoms with Gasteiger partial charge < -0.3 is 0 Å². The highest BCUT2D eigenvalue weighted by molar-refractivity contribution is 7.10. The van der Waals surface area contributed by atoms with E-state index in [2.05, 4.69) is 18.0 Å². The molecule has 0 saturated heterocycles. The second-order valence-electron chi connectivity index (χ2n) is 1.61. The Hall–Kier alpha value is -0.820. The summed E-state index contributed by atoms with van der Waals surface area (Å²) in [4.78, 5) is 1.27. The Bertz CT molecular complexity index is 194. The van der Waals surface area contributed by atoms with Crippen molar-refractivity contribution in [3.8, 4) is 0 Å². The van der Waals surface area contributed by atoms with Crippen molar-refractivity contribution in [2.24, 2.45) is 0 Å². The van der Waals surface area contributed by atoms with E-state index in [4.69, 9.17) is 0 Å². The lowest BCUT2D eigenvalue weighted by molar-refractivity contribution is 1.94. The van der Waals surface area contributed by atoms with Crippen LogP contribution in [0.5, 0.6) is 0 Å². The van der Waals surface area contributed by atoms with Gasteiger partial charge in [-0.25, -0.2) is 0 Å². The van der Waals surface area contributed by atoms with Crippen molar-refractivity contribution in [2.75, 3.05) is 0 Å². The Balaban J connectivity index is 2.67. The molecule has 1 rings (SSSR count). The summed E-state index contributed by atoms with van der Waals surface area (Å²) in [5, 5.41) is 2.06. The van der Waals surface area contributed by atoms with Gasteiger partial charge in [0.1, 0.15) is 0 Å². The van der Waals surface area contributed by atoms with Crippen LogP contribution < -0.4 is 0 Å². The van der Waals surface area contributed by atoms with Gasteiger partial charge in [-0.2, -0.15) is 0 Å². The van der Waals surface area contributed by atoms with E-state index in [9.17, 15) is 0 Å². The van der Waals surface area contributed by atoms with E-state index in [1.807, 2.05) is 18.2 Å². The monoisotopic (exact) mass is 136 g/mol. The number of thiophene rings is 1. The third kappa shape index (κ3) is 1.86. The highest BCUT2D eigenvalue weighted by Gasteiger charge is 1.80. The fraction of sp³-hybridized carbons (Fsp3) is 0. The summed E-state index contributed by atoms with van der Waals surface area (Å²) in [5.41, 5.74) is 0. The van der Waals surface area contributed by atoms with Crippen LogP contribution in [-0.2, 0) is 0 Å². The van der Waals surface area contributed by atoms with Gasteiger partial charge in [0, 0.05) is 4.88 Å². The zero-order chi connectivity index (χ0) is 6.53. The van der Waals surface area contributed by atoms with Crippen molar-refractivity contribution in [1.82, 2.24) is 0 Å². The van der Waals surface area contributed by atoms with Crippen LogP contribution in [0.25, 0.3) is 6.08 Å². The van der Waals surface area contributed by atoms with Crippen molar-refractivity contribution in [3.63, 3.8) is 0 Å². The Morgan fingerprint density at radius 1 is 1.56 bits per heavy atom. The van der Waals surface area contributed by atoms with Crippen molar-refractivity contribution in [3.05, 3.63) is 41.1 Å². The van der Waals surface area contributed by atoms with Gasteiger partial charge in [-0.05, 0) is 17.5 Å². The molecule has 0 aliphatic carbocycles. The predicted molar refractivity (Wildman–Crippen MR) is 43.6 cm³/mol. The number of allylic oxidation sites excluding steroid dienone is 2. The maximum absolute atomic E-state index is 3.58. The molecule has 0 aromatic carbocycles. The average molecular weight is 136 g/mol. The maximum atomic E-state index is 3.58. The molecule has 9 heavy (non-hydrogen) atoms. The van der Waals surface area contributed by atoms with Gasteiger partial charge in [-0.1, -0.05) is 24.8 Å². The summed E-state index contributed by atoms with van der Waals surface area (Å²) in [6.45, 7) is 3.58. The van der Waals surface area contributed by atoms with Crippen LogP contribution in [0.1, 0.15) is 4.88 Å². The van der Waals surface area contributed by atoms with Gasteiger partial charge >= 0.3 is 0 Å². The fourth-order valence-electron chi connectivity index (χ4n) is 0.549. The molecule has 1 aromatic heterocycles. The minimum absolute atomic E-state index is 1.27. The summed E-state index contributed by atoms with van der Waals surface area (Å²) < 4.78 is 0. The normalized spacial score (nSPS) is 10.2. The zero-order valence-corrected chi connectivity index (χ0v) is 5.90. The van der Waals surface area contributed by atoms with Crippen molar-refractivity contribution < 1.29 is 0 Å². The minimum Gasteiger partial charge on any atom is -0.144 e. The Morgan fingerprint density at radius 2 is 2.44 bits per heavy atom. The molecule has 0 aliphatic rings. The molecule has 0 spiro atoms. The predicted octanol–water partition coefficient (Wildman–Crippen LogP) is 2.95. The van der Waals surface area contributed by atoms with Crippen LogP contribution in [0.2, 0.25) is 0 Å². The van der Waals surface area contributed by atoms with Crippen LogP contribution in [0.15, 0.2) is 36.2 Å². The van der Waals surface area contributed by atoms with E-state index in [1.54, 1.807) is 17.4 Å². The molecule has 1 heteroatoms. The second kappa shape index (κ2) is 3.25. The molecule has 0 fully saturated rings. The lowest BCUT2D eigenvalue weighted by Gasteiger charge is -1.76. The molecule has 46 valence electrons. The number of hydrogen-bond acceptors (Lipinski definition) is 1. The topological polar surface area (TPSA) is 0 Å². The number of hydrogen-bond donors (Lipinski definition) is 0. The van der Waals surface area contributed by atoms with E-state index < -0.39 is 0 Å². The van der Waals surface area contributed by atoms with Crippen LogP contribution in [0.3, 0.4) is 0 Å². The quantitative estimate of drug-likeness (QED) is 0.548. The van der Waals surface area contributed by atoms with Crippen LogP contribution in [0.4, 0.5) is 0 Å². The molecule has 0 unspecified atom stereocenters. The highest BCUT2D eigenvalue weighted by Crippen LogP contribution is 2.09. The lowest BCUT2D eigenvalue weighted by atomic mass is 10.4. The molecule has 0 N–H and O–H groups in total. The summed E-state index contributed by atoms with van der Waals surface area (Å²) >= 11 is 1.73. The third-order valence-electron chi connectivity index (χ3n) is 0.940. The molecule has 0 saturated carbocycles. The standard InChI is InChI=1S/C8H8S/c1-2-3-5-8-6-4-7-9-8/h2-7H,1H2/b5-3+. The summed E-state index contributed by atoms with van der Waals surface area (Å²) in [6.07, 6.45) is 5.75. The van der Waals surface area contributed by atoms with Gasteiger partial charge in [0.2, 0.25) is 0 Å². The average Bonchev–Trinajstić information content (AvgIpc) is 2.34. The van der Waals surface area contributed by atoms with Gasteiger partial charge in [-0.15, -0.1) is 11.3 Å². The molecular formula is C8H8S. The molecule has 0 radical (unpaired) electrons. The molecule has 0 amide bonds. The largest absolute Gasteiger partial charge is 0.144 e. The van der Waals surface area contributed by atoms with Crippen LogP contribution in [0, 0.1) is 0 Å². The van der Waals surface area contributed by atoms with Crippen molar-refractivity contribution in [2.45, 2.75) is 0 Å². The first-order valence-electron chi connectivity index (χ1n) is 2.76. The Kier molecular flexibility index (Phi) is 2.28. The molecule has 0 nitrogen and oxygen atoms in total. The van der Waals surface area contributed by atoms with E-state index in [-0.39, 0.29) is 0 Å². The minimum atomic E-state index is 1.27. The fourth-order valence-corrected chi connectivity index (χ4v) is 1.18. The molecular weight excluding hydrogens is 128 g/mol. The van der Waals surface area contributed by atoms with E-state index in [1.165, 1.54) is 4.88 Å². The van der Waals surface area contributed by atoms with Crippen LogP contribution in [-0.4, -0.2) is 0 Å². The van der Waals surface area contributed by atoms with Gasteiger partial charge in [-0.3, -0.25) is 0 Å². The smallest absolute Gasteiger partial charge is 0.0270 e. The van der Waals surface area contributed by atoms with Gasteiger partial charge in [0.25, 0.3) is 0 Å². The summed E-state index contributed by atoms with van der Waals surface area (Å²) in [7, 11) is 0. The molecule has 0 atom stereocenters. The zero-order valence-electron chi connectivity index (χ0n) is 5.08. The van der Waals surface area contributed by atoms with E-state index >= 15 is 0 Å². The van der Waals surface area contributed by atoms with Gasteiger partial charge in [0.05, 0.1) is 0 Å². The lowest BCUT2D eigenvalue weighted by Crippen LogP contribution is -1.51. The van der Waals surface area contributed by atoms with Crippen molar-refractivity contribution >= 4 is 17.4 Å². The summed E-state index contributed by atoms with van der Waals surface area (Å²) in [5.74, 6) is 0. The van der Waals surface area contributed by atoms with E-state index in [0.717, 1.165) is 0 Å². The van der Waals surface area contributed by atoms with E-state index in [0.29, 0.717) is 0 Å². The molecule has 0 bridgehead atoms. The second-order valence-corrected chi connectivity index (χ2v) is 2.59. The van der Waals surface area contributed by atoms with Crippen molar-refractivity contribution in [1.29, 1.82) is 0 Å². The third-order valence-corrected chi connectivity index (χ3v) is 1.78. The Morgan fingerprint density at radius 3 is 3.00 bits per heavy atom.